The number of thiazole rings is 1. The fraction of sp³-hybridized carbons (Fsp3) is 0.714. The van der Waals surface area contributed by atoms with Gasteiger partial charge in [0.15, 0.2) is 5.13 Å². The first-order chi connectivity index (χ1) is 9.10. The zero-order valence-corrected chi connectivity index (χ0v) is 12.7. The van der Waals surface area contributed by atoms with Gasteiger partial charge >= 0.3 is 5.97 Å². The second-order valence-corrected chi connectivity index (χ2v) is 6.34. The van der Waals surface area contributed by atoms with Gasteiger partial charge in [0.25, 0.3) is 0 Å². The molecule has 4 nitrogen and oxygen atoms in total. The van der Waals surface area contributed by atoms with E-state index in [1.165, 1.54) is 50.6 Å². The highest BCUT2D eigenvalue weighted by Crippen LogP contribution is 2.41. The van der Waals surface area contributed by atoms with Gasteiger partial charge in [-0.15, -0.1) is 0 Å². The molecule has 1 N–H and O–H groups in total. The van der Waals surface area contributed by atoms with Crippen LogP contribution in [-0.2, 0) is 4.74 Å². The summed E-state index contributed by atoms with van der Waals surface area (Å²) in [6, 6.07) is 0. The van der Waals surface area contributed by atoms with Crippen LogP contribution in [0.1, 0.15) is 54.4 Å². The first-order valence-corrected chi connectivity index (χ1v) is 7.71. The number of carbonyl (C=O) groups is 1. The number of esters is 1. The van der Waals surface area contributed by atoms with Crippen molar-refractivity contribution in [2.45, 2.75) is 46.0 Å². The van der Waals surface area contributed by atoms with E-state index in [2.05, 4.69) is 17.2 Å². The number of hydrogen-bond acceptors (Lipinski definition) is 5. The Morgan fingerprint density at radius 2 is 2.16 bits per heavy atom. The second-order valence-electron chi connectivity index (χ2n) is 5.34. The van der Waals surface area contributed by atoms with Crippen LogP contribution in [0, 0.1) is 12.3 Å². The van der Waals surface area contributed by atoms with Crippen LogP contribution in [0.3, 0.4) is 0 Å². The van der Waals surface area contributed by atoms with Crippen LogP contribution in [0.5, 0.6) is 0 Å². The lowest BCUT2D eigenvalue weighted by molar-refractivity contribution is 0.0605. The molecule has 1 heterocycles. The Balaban J connectivity index is 2.02. The number of aromatic nitrogens is 1. The zero-order chi connectivity index (χ0) is 13.9. The van der Waals surface area contributed by atoms with Crippen LogP contribution in [0.25, 0.3) is 0 Å². The average Bonchev–Trinajstić information content (AvgIpc) is 3.03. The molecule has 0 atom stereocenters. The number of ether oxygens (including phenoxy) is 1. The second kappa shape index (κ2) is 5.90. The Labute approximate surface area is 118 Å². The van der Waals surface area contributed by atoms with Crippen LogP contribution in [0.4, 0.5) is 5.13 Å². The van der Waals surface area contributed by atoms with E-state index >= 15 is 0 Å². The van der Waals surface area contributed by atoms with Gasteiger partial charge in [-0.05, 0) is 31.6 Å². The van der Waals surface area contributed by atoms with Gasteiger partial charge < -0.3 is 10.1 Å². The molecular formula is C14H22N2O2S. The molecule has 1 aromatic heterocycles. The lowest BCUT2D eigenvalue weighted by Crippen LogP contribution is -2.25. The predicted octanol–water partition coefficient (Wildman–Crippen LogP) is 3.62. The van der Waals surface area contributed by atoms with Gasteiger partial charge in [-0.2, -0.15) is 0 Å². The van der Waals surface area contributed by atoms with Crippen LogP contribution >= 0.6 is 11.3 Å². The van der Waals surface area contributed by atoms with Crippen molar-refractivity contribution >= 4 is 22.4 Å². The van der Waals surface area contributed by atoms with Crippen molar-refractivity contribution in [1.29, 1.82) is 0 Å². The highest BCUT2D eigenvalue weighted by Gasteiger charge is 2.32. The summed E-state index contributed by atoms with van der Waals surface area (Å²) in [6.45, 7) is 5.07. The predicted molar refractivity (Wildman–Crippen MR) is 77.9 cm³/mol. The maximum absolute atomic E-state index is 11.5. The number of nitrogens with zero attached hydrogens (tertiary/aromatic N) is 1. The van der Waals surface area contributed by atoms with Crippen LogP contribution in [-0.4, -0.2) is 24.6 Å². The van der Waals surface area contributed by atoms with Crippen molar-refractivity contribution in [3.05, 3.63) is 10.6 Å². The minimum Gasteiger partial charge on any atom is -0.465 e. The van der Waals surface area contributed by atoms with Crippen LogP contribution < -0.4 is 5.32 Å². The molecule has 106 valence electrons. The lowest BCUT2D eigenvalue weighted by Gasteiger charge is -2.27. The quantitative estimate of drug-likeness (QED) is 0.838. The van der Waals surface area contributed by atoms with Crippen molar-refractivity contribution < 1.29 is 9.53 Å². The molecule has 1 aliphatic rings. The van der Waals surface area contributed by atoms with Gasteiger partial charge in [-0.25, -0.2) is 9.78 Å². The fourth-order valence-electron chi connectivity index (χ4n) is 2.80. The molecule has 1 fully saturated rings. The third kappa shape index (κ3) is 3.08. The van der Waals surface area contributed by atoms with E-state index in [4.69, 9.17) is 4.74 Å². The first-order valence-electron chi connectivity index (χ1n) is 6.90. The standard InChI is InChI=1S/C14H22N2O2S/c1-4-14(7-5-6-8-14)9-15-13-16-10(2)11(19-13)12(17)18-3/h4-9H2,1-3H3,(H,15,16). The third-order valence-corrected chi connectivity index (χ3v) is 5.29. The minimum absolute atomic E-state index is 0.297. The summed E-state index contributed by atoms with van der Waals surface area (Å²) in [5.74, 6) is -0.297. The molecule has 19 heavy (non-hydrogen) atoms. The molecule has 0 aromatic carbocycles. The number of aryl methyl sites for hydroxylation is 1. The van der Waals surface area contributed by atoms with E-state index in [9.17, 15) is 4.79 Å². The number of methoxy groups -OCH3 is 1. The van der Waals surface area contributed by atoms with Crippen molar-refractivity contribution in [1.82, 2.24) is 4.98 Å². The van der Waals surface area contributed by atoms with Gasteiger partial charge in [0.1, 0.15) is 4.88 Å². The van der Waals surface area contributed by atoms with Gasteiger partial charge in [-0.3, -0.25) is 0 Å². The van der Waals surface area contributed by atoms with E-state index in [0.29, 0.717) is 10.3 Å². The van der Waals surface area contributed by atoms with Gasteiger partial charge in [-0.1, -0.05) is 31.1 Å². The number of carbonyl (C=O) groups excluding carboxylic acids is 1. The van der Waals surface area contributed by atoms with Gasteiger partial charge in [0.2, 0.25) is 0 Å². The largest absolute Gasteiger partial charge is 0.465 e. The van der Waals surface area contributed by atoms with E-state index in [0.717, 1.165) is 17.4 Å². The summed E-state index contributed by atoms with van der Waals surface area (Å²) in [5.41, 5.74) is 1.17. The Morgan fingerprint density at radius 3 is 2.74 bits per heavy atom. The fourth-order valence-corrected chi connectivity index (χ4v) is 3.68. The number of hydrogen-bond donors (Lipinski definition) is 1. The molecule has 2 rings (SSSR count). The van der Waals surface area contributed by atoms with Crippen LogP contribution in [0.15, 0.2) is 0 Å². The molecule has 1 saturated carbocycles. The number of rotatable bonds is 5. The number of anilines is 1. The Morgan fingerprint density at radius 1 is 1.47 bits per heavy atom. The molecule has 0 radical (unpaired) electrons. The smallest absolute Gasteiger partial charge is 0.350 e. The lowest BCUT2D eigenvalue weighted by atomic mass is 9.83. The average molecular weight is 282 g/mol. The summed E-state index contributed by atoms with van der Waals surface area (Å²) in [4.78, 5) is 16.6. The van der Waals surface area contributed by atoms with Crippen molar-refractivity contribution in [2.75, 3.05) is 19.0 Å². The van der Waals surface area contributed by atoms with Crippen molar-refractivity contribution in [2.24, 2.45) is 5.41 Å². The van der Waals surface area contributed by atoms with E-state index < -0.39 is 0 Å². The van der Waals surface area contributed by atoms with E-state index in [-0.39, 0.29) is 5.97 Å². The summed E-state index contributed by atoms with van der Waals surface area (Å²) in [6.07, 6.45) is 6.46. The number of nitrogens with one attached hydrogen (secondary N) is 1. The first kappa shape index (κ1) is 14.3. The topological polar surface area (TPSA) is 51.2 Å². The van der Waals surface area contributed by atoms with E-state index in [1.807, 2.05) is 6.92 Å². The highest BCUT2D eigenvalue weighted by atomic mass is 32.1. The molecule has 1 aromatic rings. The summed E-state index contributed by atoms with van der Waals surface area (Å²) < 4.78 is 4.75. The zero-order valence-electron chi connectivity index (χ0n) is 11.9. The molecule has 0 bridgehead atoms. The molecular weight excluding hydrogens is 260 g/mol. The highest BCUT2D eigenvalue weighted by molar-refractivity contribution is 7.17. The van der Waals surface area contributed by atoms with E-state index in [1.54, 1.807) is 0 Å². The maximum Gasteiger partial charge on any atom is 0.350 e. The molecule has 0 spiro atoms. The Hall–Kier alpha value is -1.10. The monoisotopic (exact) mass is 282 g/mol. The molecule has 1 aliphatic carbocycles. The van der Waals surface area contributed by atoms with Crippen LogP contribution in [0.2, 0.25) is 0 Å². The minimum atomic E-state index is -0.297. The summed E-state index contributed by atoms with van der Waals surface area (Å²) in [7, 11) is 1.40. The Kier molecular flexibility index (Phi) is 4.45. The molecule has 0 aliphatic heterocycles. The summed E-state index contributed by atoms with van der Waals surface area (Å²) >= 11 is 1.39. The summed E-state index contributed by atoms with van der Waals surface area (Å²) in [5, 5.41) is 4.25. The van der Waals surface area contributed by atoms with Gasteiger partial charge in [0.05, 0.1) is 12.8 Å². The van der Waals surface area contributed by atoms with Crippen molar-refractivity contribution in [3.8, 4) is 0 Å². The molecule has 0 amide bonds. The maximum atomic E-state index is 11.5. The van der Waals surface area contributed by atoms with Gasteiger partial charge in [0, 0.05) is 6.54 Å². The SMILES string of the molecule is CCC1(CNc2nc(C)c(C(=O)OC)s2)CCCC1. The van der Waals surface area contributed by atoms with Crippen molar-refractivity contribution in [3.63, 3.8) is 0 Å². The third-order valence-electron chi connectivity index (χ3n) is 4.20. The molecule has 0 unspecified atom stereocenters. The molecule has 5 heteroatoms. The Bertz CT molecular complexity index is 450. The molecule has 0 saturated heterocycles. The normalized spacial score (nSPS) is 17.4.